The van der Waals surface area contributed by atoms with Gasteiger partial charge in [0.15, 0.2) is 5.79 Å². The topological polar surface area (TPSA) is 71.4 Å². The molecule has 138 valence electrons. The molecule has 2 amide bonds. The Hall–Kier alpha value is -2.25. The van der Waals surface area contributed by atoms with E-state index in [0.29, 0.717) is 63.4 Å². The van der Waals surface area contributed by atoms with Crippen LogP contribution >= 0.6 is 0 Å². The Bertz CT molecular complexity index is 745. The number of anilines is 1. The summed E-state index contributed by atoms with van der Waals surface area (Å²) in [7, 11) is 0. The van der Waals surface area contributed by atoms with Crippen LogP contribution in [0, 0.1) is 6.92 Å². The number of rotatable bonds is 2. The fraction of sp³-hybridized carbons (Fsp3) is 0.526. The van der Waals surface area contributed by atoms with Gasteiger partial charge in [0.05, 0.1) is 18.9 Å². The molecule has 3 heterocycles. The van der Waals surface area contributed by atoms with Crippen molar-refractivity contribution in [1.29, 1.82) is 0 Å². The summed E-state index contributed by atoms with van der Waals surface area (Å²) in [5, 5.41) is 5.74. The highest BCUT2D eigenvalue weighted by molar-refractivity contribution is 6.40. The van der Waals surface area contributed by atoms with Crippen LogP contribution in [-0.2, 0) is 19.1 Å². The number of ether oxygens (including phenoxy) is 2. The smallest absolute Gasteiger partial charge is 0.270 e. The molecular weight excluding hydrogens is 334 g/mol. The van der Waals surface area contributed by atoms with E-state index in [4.69, 9.17) is 9.47 Å². The van der Waals surface area contributed by atoms with E-state index in [1.54, 1.807) is 4.90 Å². The predicted molar refractivity (Wildman–Crippen MR) is 95.8 cm³/mol. The molecule has 0 saturated carbocycles. The third-order valence-electron chi connectivity index (χ3n) is 5.15. The average Bonchev–Trinajstić information content (AvgIpc) is 3.10. The molecule has 2 saturated heterocycles. The zero-order valence-corrected chi connectivity index (χ0v) is 14.9. The lowest BCUT2D eigenvalue weighted by molar-refractivity contribution is -0.186. The fourth-order valence-electron chi connectivity index (χ4n) is 3.69. The van der Waals surface area contributed by atoms with Crippen LogP contribution < -0.4 is 5.01 Å². The molecular formula is C19H23N3O4. The Balaban J connectivity index is 1.49. The molecule has 0 radical (unpaired) electrons. The average molecular weight is 357 g/mol. The Labute approximate surface area is 152 Å². The highest BCUT2D eigenvalue weighted by Crippen LogP contribution is 2.31. The van der Waals surface area contributed by atoms with Crippen LogP contribution in [0.2, 0.25) is 0 Å². The van der Waals surface area contributed by atoms with Crippen molar-refractivity contribution in [1.82, 2.24) is 4.90 Å². The molecule has 3 aliphatic rings. The molecule has 0 unspecified atom stereocenters. The molecule has 0 bridgehead atoms. The molecule has 0 aromatic heterocycles. The SMILES string of the molecule is Cc1cccc(N2N=C(C(=O)N3CCC4(CC3)OCCO4)CCC2=O)c1. The van der Waals surface area contributed by atoms with Gasteiger partial charge in [-0.3, -0.25) is 9.59 Å². The zero-order chi connectivity index (χ0) is 18.1. The summed E-state index contributed by atoms with van der Waals surface area (Å²) in [5.41, 5.74) is 2.18. The van der Waals surface area contributed by atoms with Crippen molar-refractivity contribution in [3.05, 3.63) is 29.8 Å². The van der Waals surface area contributed by atoms with E-state index in [1.165, 1.54) is 5.01 Å². The number of hydrogen-bond donors (Lipinski definition) is 0. The van der Waals surface area contributed by atoms with E-state index in [9.17, 15) is 9.59 Å². The van der Waals surface area contributed by atoms with Crippen molar-refractivity contribution in [3.63, 3.8) is 0 Å². The van der Waals surface area contributed by atoms with E-state index in [2.05, 4.69) is 5.10 Å². The molecule has 26 heavy (non-hydrogen) atoms. The van der Waals surface area contributed by atoms with Crippen LogP contribution in [0.15, 0.2) is 29.4 Å². The first-order valence-corrected chi connectivity index (χ1v) is 9.11. The quantitative estimate of drug-likeness (QED) is 0.810. The number of nitrogens with zero attached hydrogens (tertiary/aromatic N) is 3. The maximum absolute atomic E-state index is 12.9. The van der Waals surface area contributed by atoms with E-state index in [0.717, 1.165) is 5.56 Å². The normalized spacial score (nSPS) is 22.7. The monoisotopic (exact) mass is 357 g/mol. The lowest BCUT2D eigenvalue weighted by atomic mass is 10.0. The van der Waals surface area contributed by atoms with Crippen molar-refractivity contribution in [2.45, 2.75) is 38.4 Å². The summed E-state index contributed by atoms with van der Waals surface area (Å²) in [6, 6.07) is 7.58. The van der Waals surface area contributed by atoms with Gasteiger partial charge in [0.1, 0.15) is 5.71 Å². The number of hydrogen-bond acceptors (Lipinski definition) is 5. The summed E-state index contributed by atoms with van der Waals surface area (Å²) in [4.78, 5) is 27.0. The summed E-state index contributed by atoms with van der Waals surface area (Å²) in [6.07, 6.45) is 2.02. The molecule has 0 N–H and O–H groups in total. The molecule has 1 aromatic carbocycles. The van der Waals surface area contributed by atoms with Crippen LogP contribution in [0.1, 0.15) is 31.2 Å². The van der Waals surface area contributed by atoms with E-state index in [-0.39, 0.29) is 11.8 Å². The lowest BCUT2D eigenvalue weighted by Crippen LogP contribution is -2.50. The first-order chi connectivity index (χ1) is 12.6. The molecule has 1 spiro atoms. The molecule has 2 fully saturated rings. The van der Waals surface area contributed by atoms with Gasteiger partial charge in [0, 0.05) is 38.8 Å². The van der Waals surface area contributed by atoms with Gasteiger partial charge in [0.2, 0.25) is 5.91 Å². The standard InChI is InChI=1S/C19H23N3O4/c1-14-3-2-4-15(13-14)22-17(23)6-5-16(20-22)18(24)21-9-7-19(8-10-21)25-11-12-26-19/h2-4,13H,5-12H2,1H3. The lowest BCUT2D eigenvalue weighted by Gasteiger charge is -2.38. The van der Waals surface area contributed by atoms with Gasteiger partial charge in [-0.25, -0.2) is 5.01 Å². The first-order valence-electron chi connectivity index (χ1n) is 9.11. The van der Waals surface area contributed by atoms with E-state index >= 15 is 0 Å². The third-order valence-corrected chi connectivity index (χ3v) is 5.15. The largest absolute Gasteiger partial charge is 0.347 e. The maximum Gasteiger partial charge on any atom is 0.270 e. The minimum atomic E-state index is -0.505. The second-order valence-electron chi connectivity index (χ2n) is 6.99. The highest BCUT2D eigenvalue weighted by atomic mass is 16.7. The van der Waals surface area contributed by atoms with Gasteiger partial charge < -0.3 is 14.4 Å². The minimum absolute atomic E-state index is 0.0856. The number of likely N-dealkylation sites (tertiary alicyclic amines) is 1. The number of carbonyl (C=O) groups excluding carboxylic acids is 2. The van der Waals surface area contributed by atoms with Crippen LogP contribution in [0.5, 0.6) is 0 Å². The van der Waals surface area contributed by atoms with Gasteiger partial charge in [-0.15, -0.1) is 0 Å². The highest BCUT2D eigenvalue weighted by Gasteiger charge is 2.41. The predicted octanol–water partition coefficient (Wildman–Crippen LogP) is 1.84. The molecule has 0 atom stereocenters. The van der Waals surface area contributed by atoms with Crippen LogP contribution in [-0.4, -0.2) is 54.5 Å². The third kappa shape index (κ3) is 3.24. The molecule has 1 aromatic rings. The Morgan fingerprint density at radius 2 is 1.88 bits per heavy atom. The zero-order valence-electron chi connectivity index (χ0n) is 14.9. The number of benzene rings is 1. The Kier molecular flexibility index (Phi) is 4.50. The molecule has 7 heteroatoms. The second-order valence-corrected chi connectivity index (χ2v) is 6.99. The summed E-state index contributed by atoms with van der Waals surface area (Å²) < 4.78 is 11.4. The van der Waals surface area contributed by atoms with Crippen molar-refractivity contribution in [2.75, 3.05) is 31.3 Å². The van der Waals surface area contributed by atoms with Crippen molar-refractivity contribution in [2.24, 2.45) is 5.10 Å². The van der Waals surface area contributed by atoms with Crippen molar-refractivity contribution < 1.29 is 19.1 Å². The van der Waals surface area contributed by atoms with Gasteiger partial charge >= 0.3 is 0 Å². The molecule has 7 nitrogen and oxygen atoms in total. The van der Waals surface area contributed by atoms with Gasteiger partial charge in [-0.05, 0) is 24.6 Å². The number of piperidine rings is 1. The van der Waals surface area contributed by atoms with Gasteiger partial charge in [0.25, 0.3) is 5.91 Å². The molecule has 0 aliphatic carbocycles. The minimum Gasteiger partial charge on any atom is -0.347 e. The number of carbonyl (C=O) groups is 2. The van der Waals surface area contributed by atoms with Crippen LogP contribution in [0.25, 0.3) is 0 Å². The van der Waals surface area contributed by atoms with Crippen molar-refractivity contribution >= 4 is 23.2 Å². The summed E-state index contributed by atoms with van der Waals surface area (Å²) >= 11 is 0. The first kappa shape index (κ1) is 17.2. The summed E-state index contributed by atoms with van der Waals surface area (Å²) in [6.45, 7) is 4.36. The van der Waals surface area contributed by atoms with Crippen LogP contribution in [0.3, 0.4) is 0 Å². The second kappa shape index (κ2) is 6.81. The Morgan fingerprint density at radius 3 is 2.58 bits per heavy atom. The number of hydrazone groups is 1. The summed E-state index contributed by atoms with van der Waals surface area (Å²) in [5.74, 6) is -0.685. The van der Waals surface area contributed by atoms with Crippen LogP contribution in [0.4, 0.5) is 5.69 Å². The molecule has 4 rings (SSSR count). The van der Waals surface area contributed by atoms with Crippen molar-refractivity contribution in [3.8, 4) is 0 Å². The van der Waals surface area contributed by atoms with E-state index < -0.39 is 5.79 Å². The van der Waals surface area contributed by atoms with E-state index in [1.807, 2.05) is 31.2 Å². The number of amides is 2. The maximum atomic E-state index is 12.9. The van der Waals surface area contributed by atoms with Gasteiger partial charge in [-0.2, -0.15) is 5.10 Å². The van der Waals surface area contributed by atoms with Gasteiger partial charge in [-0.1, -0.05) is 12.1 Å². The molecule has 3 aliphatic heterocycles. The fourth-order valence-corrected chi connectivity index (χ4v) is 3.69. The number of aryl methyl sites for hydroxylation is 1. The Morgan fingerprint density at radius 1 is 1.15 bits per heavy atom.